The van der Waals surface area contributed by atoms with Crippen LogP contribution in [-0.4, -0.2) is 49.8 Å². The average molecular weight is 471 g/mol. The normalized spacial score (nSPS) is 18.7. The van der Waals surface area contributed by atoms with E-state index in [0.717, 1.165) is 5.56 Å². The number of pyridine rings is 1. The molecule has 2 heterocycles. The molecule has 0 spiro atoms. The lowest BCUT2D eigenvalue weighted by atomic mass is 9.94. The van der Waals surface area contributed by atoms with Crippen LogP contribution in [-0.2, 0) is 21.4 Å². The minimum absolute atomic E-state index is 0.00294. The molecule has 0 radical (unpaired) electrons. The maximum atomic E-state index is 12.7. The van der Waals surface area contributed by atoms with E-state index in [1.165, 1.54) is 48.3 Å². The monoisotopic (exact) mass is 470 g/mol. The van der Waals surface area contributed by atoms with Gasteiger partial charge in [-0.25, -0.2) is 8.42 Å². The first kappa shape index (κ1) is 23.7. The van der Waals surface area contributed by atoms with E-state index in [2.05, 4.69) is 46.5 Å². The third-order valence-corrected chi connectivity index (χ3v) is 8.91. The van der Waals surface area contributed by atoms with Gasteiger partial charge in [0.05, 0.1) is 0 Å². The van der Waals surface area contributed by atoms with E-state index in [0.29, 0.717) is 38.5 Å². The molecule has 0 atom stereocenters. The number of amides is 1. The summed E-state index contributed by atoms with van der Waals surface area (Å²) in [5.74, 6) is -0.168. The van der Waals surface area contributed by atoms with E-state index in [4.69, 9.17) is 0 Å². The second-order valence-corrected chi connectivity index (χ2v) is 11.1. The largest absolute Gasteiger partial charge is 0.372 e. The summed E-state index contributed by atoms with van der Waals surface area (Å²) in [6.45, 7) is 1.18. The highest BCUT2D eigenvalue weighted by molar-refractivity contribution is 7.89. The first-order valence-electron chi connectivity index (χ1n) is 11.9. The Labute approximate surface area is 197 Å². The van der Waals surface area contributed by atoms with Crippen LogP contribution < -0.4 is 10.2 Å². The van der Waals surface area contributed by atoms with E-state index in [-0.39, 0.29) is 16.7 Å². The Bertz CT molecular complexity index is 1010. The Hall–Kier alpha value is -2.45. The van der Waals surface area contributed by atoms with Gasteiger partial charge in [-0.2, -0.15) is 4.31 Å². The Morgan fingerprint density at radius 1 is 1.06 bits per heavy atom. The first-order chi connectivity index (χ1) is 15.9. The number of carbonyl (C=O) groups excluding carboxylic acids is 1. The molecule has 1 aromatic heterocycles. The summed E-state index contributed by atoms with van der Waals surface area (Å²) in [7, 11) is -1.38. The summed E-state index contributed by atoms with van der Waals surface area (Å²) in [6, 6.07) is 12.2. The van der Waals surface area contributed by atoms with Gasteiger partial charge in [0.1, 0.15) is 4.90 Å². The summed E-state index contributed by atoms with van der Waals surface area (Å²) in [4.78, 5) is 19.2. The Kier molecular flexibility index (Phi) is 7.65. The molecular weight excluding hydrogens is 436 g/mol. The zero-order chi connectivity index (χ0) is 23.3. The fraction of sp³-hybridized carbons (Fsp3) is 0.520. The van der Waals surface area contributed by atoms with Gasteiger partial charge in [0.2, 0.25) is 15.9 Å². The molecule has 178 valence electrons. The number of carbonyl (C=O) groups is 1. The van der Waals surface area contributed by atoms with Crippen LogP contribution >= 0.6 is 0 Å². The summed E-state index contributed by atoms with van der Waals surface area (Å²) >= 11 is 0. The molecule has 1 aliphatic carbocycles. The van der Waals surface area contributed by atoms with Gasteiger partial charge in [0.15, 0.2) is 0 Å². The van der Waals surface area contributed by atoms with Crippen LogP contribution in [0.4, 0.5) is 5.69 Å². The fourth-order valence-electron chi connectivity index (χ4n) is 4.87. The fourth-order valence-corrected chi connectivity index (χ4v) is 6.30. The highest BCUT2D eigenvalue weighted by atomic mass is 32.2. The number of aromatic nitrogens is 1. The predicted molar refractivity (Wildman–Crippen MR) is 129 cm³/mol. The van der Waals surface area contributed by atoms with Gasteiger partial charge >= 0.3 is 0 Å². The predicted octanol–water partition coefficient (Wildman–Crippen LogP) is 3.57. The van der Waals surface area contributed by atoms with Crippen molar-refractivity contribution in [2.45, 2.75) is 62.4 Å². The van der Waals surface area contributed by atoms with Crippen molar-refractivity contribution in [3.8, 4) is 0 Å². The maximum absolute atomic E-state index is 12.7. The van der Waals surface area contributed by atoms with Crippen LogP contribution in [0.5, 0.6) is 0 Å². The van der Waals surface area contributed by atoms with Gasteiger partial charge in [-0.05, 0) is 55.5 Å². The summed E-state index contributed by atoms with van der Waals surface area (Å²) in [6.07, 6.45) is 10.5. The third-order valence-electron chi connectivity index (χ3n) is 7.03. The topological polar surface area (TPSA) is 82.6 Å². The van der Waals surface area contributed by atoms with Crippen LogP contribution in [0.15, 0.2) is 53.7 Å². The average Bonchev–Trinajstić information content (AvgIpc) is 2.88. The van der Waals surface area contributed by atoms with Crippen LogP contribution in [0.2, 0.25) is 0 Å². The van der Waals surface area contributed by atoms with Gasteiger partial charge in [0, 0.05) is 56.7 Å². The Morgan fingerprint density at radius 3 is 2.39 bits per heavy atom. The number of hydrogen-bond acceptors (Lipinski definition) is 5. The molecule has 0 unspecified atom stereocenters. The van der Waals surface area contributed by atoms with E-state index >= 15 is 0 Å². The SMILES string of the molecule is CN(c1ccc(CNC(=O)C2CCN(S(=O)(=O)c3cccnc3)CC2)cc1)C1CCCCC1. The molecule has 2 aliphatic rings. The highest BCUT2D eigenvalue weighted by Crippen LogP contribution is 2.27. The highest BCUT2D eigenvalue weighted by Gasteiger charge is 2.32. The van der Waals surface area contributed by atoms with E-state index < -0.39 is 10.0 Å². The maximum Gasteiger partial charge on any atom is 0.244 e. The van der Waals surface area contributed by atoms with Crippen LogP contribution in [0, 0.1) is 5.92 Å². The standard InChI is InChI=1S/C25H34N4O3S/c1-28(22-6-3-2-4-7-22)23-11-9-20(10-12-23)18-27-25(30)21-13-16-29(17-14-21)33(31,32)24-8-5-15-26-19-24/h5,8-12,15,19,21-22H,2-4,6-7,13-14,16-18H2,1H3,(H,27,30). The minimum atomic E-state index is -3.55. The zero-order valence-corrected chi connectivity index (χ0v) is 20.1. The molecule has 33 heavy (non-hydrogen) atoms. The lowest BCUT2D eigenvalue weighted by molar-refractivity contribution is -0.126. The number of piperidine rings is 1. The van der Waals surface area contributed by atoms with Gasteiger partial charge in [-0.3, -0.25) is 9.78 Å². The van der Waals surface area contributed by atoms with Gasteiger partial charge < -0.3 is 10.2 Å². The van der Waals surface area contributed by atoms with Crippen molar-refractivity contribution in [3.63, 3.8) is 0 Å². The molecule has 8 heteroatoms. The van der Waals surface area contributed by atoms with Crippen LogP contribution in [0.3, 0.4) is 0 Å². The van der Waals surface area contributed by atoms with Crippen molar-refractivity contribution in [2.24, 2.45) is 5.92 Å². The zero-order valence-electron chi connectivity index (χ0n) is 19.3. The molecule has 1 aliphatic heterocycles. The minimum Gasteiger partial charge on any atom is -0.372 e. The number of sulfonamides is 1. The number of anilines is 1. The molecule has 0 bridgehead atoms. The van der Waals surface area contributed by atoms with Crippen molar-refractivity contribution < 1.29 is 13.2 Å². The molecule has 1 saturated carbocycles. The van der Waals surface area contributed by atoms with Crippen molar-refractivity contribution in [3.05, 3.63) is 54.4 Å². The summed E-state index contributed by atoms with van der Waals surface area (Å²) in [5, 5.41) is 3.04. The first-order valence-corrected chi connectivity index (χ1v) is 13.4. The number of rotatable bonds is 7. The summed E-state index contributed by atoms with van der Waals surface area (Å²) < 4.78 is 26.9. The Morgan fingerprint density at radius 2 is 1.76 bits per heavy atom. The van der Waals surface area contributed by atoms with Gasteiger partial charge in [-0.1, -0.05) is 31.4 Å². The van der Waals surface area contributed by atoms with Gasteiger partial charge in [-0.15, -0.1) is 0 Å². The quantitative estimate of drug-likeness (QED) is 0.669. The molecule has 2 fully saturated rings. The van der Waals surface area contributed by atoms with Crippen molar-refractivity contribution in [1.29, 1.82) is 0 Å². The molecular formula is C25H34N4O3S. The number of nitrogens with one attached hydrogen (secondary N) is 1. The van der Waals surface area contributed by atoms with Gasteiger partial charge in [0.25, 0.3) is 0 Å². The Balaban J connectivity index is 1.25. The van der Waals surface area contributed by atoms with Crippen molar-refractivity contribution in [1.82, 2.24) is 14.6 Å². The van der Waals surface area contributed by atoms with Crippen LogP contribution in [0.25, 0.3) is 0 Å². The lowest BCUT2D eigenvalue weighted by Gasteiger charge is -2.33. The smallest absolute Gasteiger partial charge is 0.244 e. The molecule has 1 saturated heterocycles. The molecule has 2 aromatic rings. The third kappa shape index (κ3) is 5.73. The lowest BCUT2D eigenvalue weighted by Crippen LogP contribution is -2.42. The second-order valence-electron chi connectivity index (χ2n) is 9.15. The molecule has 4 rings (SSSR count). The number of benzene rings is 1. The molecule has 7 nitrogen and oxygen atoms in total. The second kappa shape index (κ2) is 10.7. The number of hydrogen-bond donors (Lipinski definition) is 1. The summed E-state index contributed by atoms with van der Waals surface area (Å²) in [5.41, 5.74) is 2.29. The van der Waals surface area contributed by atoms with Crippen molar-refractivity contribution >= 4 is 21.6 Å². The number of nitrogens with zero attached hydrogens (tertiary/aromatic N) is 3. The molecule has 1 aromatic carbocycles. The molecule has 1 N–H and O–H groups in total. The molecule has 1 amide bonds. The van der Waals surface area contributed by atoms with Crippen molar-refractivity contribution in [2.75, 3.05) is 25.0 Å². The van der Waals surface area contributed by atoms with E-state index in [1.54, 1.807) is 18.3 Å². The van der Waals surface area contributed by atoms with E-state index in [9.17, 15) is 13.2 Å². The van der Waals surface area contributed by atoms with Crippen LogP contribution in [0.1, 0.15) is 50.5 Å². The van der Waals surface area contributed by atoms with E-state index in [1.807, 2.05) is 0 Å².